The number of rotatable bonds is 3. The molecule has 2 heterocycles. The Morgan fingerprint density at radius 2 is 2.08 bits per heavy atom. The molecule has 1 aromatic carbocycles. The van der Waals surface area contributed by atoms with Crippen LogP contribution in [0.4, 0.5) is 5.69 Å². The predicted molar refractivity (Wildman–Crippen MR) is 99.0 cm³/mol. The molecule has 2 amide bonds. The topological polar surface area (TPSA) is 106 Å². The van der Waals surface area contributed by atoms with Gasteiger partial charge in [0.05, 0.1) is 12.0 Å². The summed E-state index contributed by atoms with van der Waals surface area (Å²) in [7, 11) is 3.23. The number of guanidine groups is 1. The minimum atomic E-state index is -0.787. The van der Waals surface area contributed by atoms with Gasteiger partial charge in [0.15, 0.2) is 11.1 Å². The second-order valence-corrected chi connectivity index (χ2v) is 6.77. The van der Waals surface area contributed by atoms with Crippen molar-refractivity contribution >= 4 is 35.1 Å². The Kier molecular flexibility index (Phi) is 4.45. The van der Waals surface area contributed by atoms with Crippen molar-refractivity contribution in [3.05, 3.63) is 46.7 Å². The molecule has 26 heavy (non-hydrogen) atoms. The minimum absolute atomic E-state index is 0.112. The molecule has 1 atom stereocenters. The third kappa shape index (κ3) is 3.28. The predicted octanol–water partition coefficient (Wildman–Crippen LogP) is 1.72. The van der Waals surface area contributed by atoms with E-state index in [4.69, 9.17) is 17.3 Å². The Morgan fingerprint density at radius 1 is 1.35 bits per heavy atom. The maximum absolute atomic E-state index is 12.4. The van der Waals surface area contributed by atoms with Gasteiger partial charge in [-0.25, -0.2) is 4.99 Å². The lowest BCUT2D eigenvalue weighted by Crippen LogP contribution is -2.47. The van der Waals surface area contributed by atoms with E-state index in [1.54, 1.807) is 32.3 Å². The van der Waals surface area contributed by atoms with E-state index in [1.807, 2.05) is 13.0 Å². The molecule has 1 unspecified atom stereocenters. The number of anilines is 1. The summed E-state index contributed by atoms with van der Waals surface area (Å²) in [6.07, 6.45) is 0.193. The Labute approximate surface area is 155 Å². The van der Waals surface area contributed by atoms with Crippen LogP contribution in [-0.2, 0) is 17.4 Å². The highest BCUT2D eigenvalue weighted by Crippen LogP contribution is 2.34. The molecule has 8 nitrogen and oxygen atoms in total. The van der Waals surface area contributed by atoms with Crippen LogP contribution < -0.4 is 11.1 Å². The summed E-state index contributed by atoms with van der Waals surface area (Å²) in [6.45, 7) is 1.84. The van der Waals surface area contributed by atoms with Crippen molar-refractivity contribution in [1.29, 1.82) is 0 Å². The van der Waals surface area contributed by atoms with E-state index in [-0.39, 0.29) is 29.3 Å². The number of carbonyl (C=O) groups excluding carboxylic acids is 2. The highest BCUT2D eigenvalue weighted by Gasteiger charge is 2.36. The van der Waals surface area contributed by atoms with Crippen LogP contribution in [0.25, 0.3) is 0 Å². The minimum Gasteiger partial charge on any atom is -0.369 e. The summed E-state index contributed by atoms with van der Waals surface area (Å²) < 4.78 is 1.41. The molecule has 136 valence electrons. The number of nitrogens with zero attached hydrogens (tertiary/aromatic N) is 4. The van der Waals surface area contributed by atoms with Gasteiger partial charge in [0.25, 0.3) is 5.91 Å². The first-order chi connectivity index (χ1) is 12.2. The van der Waals surface area contributed by atoms with Crippen molar-refractivity contribution in [2.75, 3.05) is 12.4 Å². The first kappa shape index (κ1) is 17.9. The Morgan fingerprint density at radius 3 is 2.69 bits per heavy atom. The number of aromatic nitrogens is 2. The molecule has 0 radical (unpaired) electrons. The van der Waals surface area contributed by atoms with E-state index >= 15 is 0 Å². The summed E-state index contributed by atoms with van der Waals surface area (Å²) in [5.41, 5.74) is 6.76. The van der Waals surface area contributed by atoms with Crippen LogP contribution in [0.15, 0.2) is 35.3 Å². The van der Waals surface area contributed by atoms with Crippen molar-refractivity contribution < 1.29 is 9.59 Å². The van der Waals surface area contributed by atoms with Crippen molar-refractivity contribution in [3.63, 3.8) is 0 Å². The summed E-state index contributed by atoms with van der Waals surface area (Å²) >= 11 is 5.82. The average molecular weight is 375 g/mol. The molecule has 0 bridgehead atoms. The third-order valence-corrected chi connectivity index (χ3v) is 4.58. The first-order valence-electron chi connectivity index (χ1n) is 7.93. The quantitative estimate of drug-likeness (QED) is 0.853. The van der Waals surface area contributed by atoms with E-state index in [0.717, 1.165) is 5.56 Å². The molecule has 3 N–H and O–H groups in total. The van der Waals surface area contributed by atoms with Crippen LogP contribution in [0.3, 0.4) is 0 Å². The zero-order valence-electron chi connectivity index (χ0n) is 14.7. The molecule has 0 saturated carbocycles. The maximum Gasteiger partial charge on any atom is 0.273 e. The number of aryl methyl sites for hydroxylation is 1. The van der Waals surface area contributed by atoms with Gasteiger partial charge in [-0.05, 0) is 24.6 Å². The number of hydrogen-bond acceptors (Lipinski definition) is 5. The van der Waals surface area contributed by atoms with E-state index in [9.17, 15) is 9.59 Å². The molecular formula is C17H19ClN6O2. The molecule has 0 aliphatic carbocycles. The van der Waals surface area contributed by atoms with Gasteiger partial charge in [-0.2, -0.15) is 5.10 Å². The average Bonchev–Trinajstić information content (AvgIpc) is 2.91. The smallest absolute Gasteiger partial charge is 0.273 e. The fourth-order valence-electron chi connectivity index (χ4n) is 2.85. The zero-order valence-corrected chi connectivity index (χ0v) is 15.4. The van der Waals surface area contributed by atoms with Gasteiger partial charge in [-0.15, -0.1) is 0 Å². The monoisotopic (exact) mass is 374 g/mol. The van der Waals surface area contributed by atoms with E-state index in [2.05, 4.69) is 15.4 Å². The second kappa shape index (κ2) is 6.45. The Hall–Kier alpha value is -2.87. The largest absolute Gasteiger partial charge is 0.369 e. The lowest BCUT2D eigenvalue weighted by molar-refractivity contribution is -0.128. The van der Waals surface area contributed by atoms with E-state index in [0.29, 0.717) is 11.4 Å². The highest BCUT2D eigenvalue weighted by molar-refractivity contribution is 6.29. The normalized spacial score (nSPS) is 20.1. The first-order valence-corrected chi connectivity index (χ1v) is 8.31. The van der Waals surface area contributed by atoms with Crippen LogP contribution in [0.2, 0.25) is 5.15 Å². The molecule has 1 aliphatic heterocycles. The lowest BCUT2D eigenvalue weighted by Gasteiger charge is -2.33. The number of benzene rings is 1. The second-order valence-electron chi connectivity index (χ2n) is 6.38. The van der Waals surface area contributed by atoms with Gasteiger partial charge in [-0.1, -0.05) is 23.7 Å². The molecule has 2 aromatic rings. The Balaban J connectivity index is 1.88. The SMILES string of the molecule is CN1C(=O)CC(C)(c2cccc(NC(=O)c3cc(Cl)nn3C)c2)N=C1N. The van der Waals surface area contributed by atoms with Crippen LogP contribution >= 0.6 is 11.6 Å². The maximum atomic E-state index is 12.4. The van der Waals surface area contributed by atoms with Crippen LogP contribution in [0, 0.1) is 0 Å². The molecule has 3 rings (SSSR count). The summed E-state index contributed by atoms with van der Waals surface area (Å²) in [4.78, 5) is 30.4. The lowest BCUT2D eigenvalue weighted by atomic mass is 9.87. The number of carbonyl (C=O) groups is 2. The molecule has 0 fully saturated rings. The Bertz CT molecular complexity index is 922. The molecule has 1 aromatic heterocycles. The van der Waals surface area contributed by atoms with Gasteiger partial charge in [0.1, 0.15) is 5.69 Å². The molecule has 0 saturated heterocycles. The fraction of sp³-hybridized carbons (Fsp3) is 0.294. The third-order valence-electron chi connectivity index (χ3n) is 4.40. The summed E-state index contributed by atoms with van der Waals surface area (Å²) in [5.74, 6) is -0.279. The standard InChI is InChI=1S/C17H19ClN6O2/c1-17(9-14(25)23(2)16(19)21-17)10-5-4-6-11(7-10)20-15(26)12-8-13(18)22-24(12)3/h4-8H,9H2,1-3H3,(H2,19,21)(H,20,26). The van der Waals surface area contributed by atoms with Gasteiger partial charge in [0.2, 0.25) is 5.91 Å². The molecular weight excluding hydrogens is 356 g/mol. The van der Waals surface area contributed by atoms with Crippen molar-refractivity contribution in [2.24, 2.45) is 17.8 Å². The van der Waals surface area contributed by atoms with Gasteiger partial charge >= 0.3 is 0 Å². The van der Waals surface area contributed by atoms with Gasteiger partial charge < -0.3 is 11.1 Å². The van der Waals surface area contributed by atoms with Crippen molar-refractivity contribution in [3.8, 4) is 0 Å². The van der Waals surface area contributed by atoms with E-state index in [1.165, 1.54) is 15.6 Å². The fourth-order valence-corrected chi connectivity index (χ4v) is 3.06. The number of amides is 2. The summed E-state index contributed by atoms with van der Waals surface area (Å²) in [6, 6.07) is 8.67. The number of halogens is 1. The number of hydrogen-bond donors (Lipinski definition) is 2. The summed E-state index contributed by atoms with van der Waals surface area (Å²) in [5, 5.41) is 7.00. The van der Waals surface area contributed by atoms with Gasteiger partial charge in [0, 0.05) is 25.8 Å². The molecule has 0 spiro atoms. The van der Waals surface area contributed by atoms with Crippen LogP contribution in [0.1, 0.15) is 29.4 Å². The van der Waals surface area contributed by atoms with Crippen molar-refractivity contribution in [2.45, 2.75) is 18.9 Å². The number of nitrogens with two attached hydrogens (primary N) is 1. The van der Waals surface area contributed by atoms with Crippen LogP contribution in [-0.4, -0.2) is 39.5 Å². The number of aliphatic imine (C=N–C) groups is 1. The van der Waals surface area contributed by atoms with E-state index < -0.39 is 5.54 Å². The highest BCUT2D eigenvalue weighted by atomic mass is 35.5. The zero-order chi connectivity index (χ0) is 19.1. The molecule has 9 heteroatoms. The van der Waals surface area contributed by atoms with Crippen molar-refractivity contribution in [1.82, 2.24) is 14.7 Å². The van der Waals surface area contributed by atoms with Crippen LogP contribution in [0.5, 0.6) is 0 Å². The number of nitrogens with one attached hydrogen (secondary N) is 1. The van der Waals surface area contributed by atoms with Gasteiger partial charge in [-0.3, -0.25) is 19.2 Å². The molecule has 1 aliphatic rings.